The van der Waals surface area contributed by atoms with E-state index >= 15 is 0 Å². The molecule has 1 N–H and O–H groups in total. The molecule has 1 aliphatic heterocycles. The van der Waals surface area contributed by atoms with Crippen LogP contribution in [-0.2, 0) is 17.8 Å². The minimum absolute atomic E-state index is 0.0284. The van der Waals surface area contributed by atoms with E-state index in [1.807, 2.05) is 42.5 Å². The van der Waals surface area contributed by atoms with Crippen LogP contribution in [0.5, 0.6) is 0 Å². The molecule has 3 aromatic rings. The molecule has 0 saturated heterocycles. The van der Waals surface area contributed by atoms with E-state index in [1.165, 1.54) is 17.7 Å². The number of benzene rings is 2. The van der Waals surface area contributed by atoms with E-state index in [0.29, 0.717) is 6.42 Å². The van der Waals surface area contributed by atoms with E-state index in [1.54, 1.807) is 11.8 Å². The molecule has 2 aromatic carbocycles. The first-order valence-corrected chi connectivity index (χ1v) is 10.8. The normalized spacial score (nSPS) is 13.6. The Labute approximate surface area is 169 Å². The molecule has 6 heteroatoms. The zero-order valence-electron chi connectivity index (χ0n) is 15.8. The van der Waals surface area contributed by atoms with E-state index in [0.717, 1.165) is 48.0 Å². The number of hydrogen-bond donors (Lipinski definition) is 1. The highest BCUT2D eigenvalue weighted by atomic mass is 32.2. The maximum absolute atomic E-state index is 12.3. The molecule has 0 aliphatic carbocycles. The van der Waals surface area contributed by atoms with Crippen LogP contribution in [0.25, 0.3) is 11.4 Å². The lowest BCUT2D eigenvalue weighted by Gasteiger charge is -2.09. The quantitative estimate of drug-likeness (QED) is 0.613. The summed E-state index contributed by atoms with van der Waals surface area (Å²) in [6.07, 6.45) is 5.04. The predicted molar refractivity (Wildman–Crippen MR) is 113 cm³/mol. The van der Waals surface area contributed by atoms with Crippen molar-refractivity contribution in [2.24, 2.45) is 0 Å². The van der Waals surface area contributed by atoms with E-state index < -0.39 is 0 Å². The lowest BCUT2D eigenvalue weighted by atomic mass is 10.2. The van der Waals surface area contributed by atoms with Gasteiger partial charge in [0, 0.05) is 41.3 Å². The molecule has 1 aliphatic rings. The maximum Gasteiger partial charge on any atom is 0.225 e. The number of fused-ring (bicyclic) bond motifs is 1. The monoisotopic (exact) mass is 392 g/mol. The van der Waals surface area contributed by atoms with Gasteiger partial charge in [-0.25, -0.2) is 0 Å². The maximum atomic E-state index is 12.3. The van der Waals surface area contributed by atoms with Crippen LogP contribution in [0.15, 0.2) is 59.5 Å². The number of aromatic nitrogens is 3. The largest absolute Gasteiger partial charge is 0.326 e. The first kappa shape index (κ1) is 18.7. The summed E-state index contributed by atoms with van der Waals surface area (Å²) in [5.41, 5.74) is 1.80. The minimum Gasteiger partial charge on any atom is -0.326 e. The van der Waals surface area contributed by atoms with Gasteiger partial charge in [-0.2, -0.15) is 0 Å². The molecular weight excluding hydrogens is 368 g/mol. The number of rotatable bonds is 6. The molecule has 0 fully saturated rings. The van der Waals surface area contributed by atoms with E-state index in [4.69, 9.17) is 0 Å². The minimum atomic E-state index is 0.0284. The van der Waals surface area contributed by atoms with Crippen LogP contribution in [0.3, 0.4) is 0 Å². The van der Waals surface area contributed by atoms with E-state index in [2.05, 4.69) is 32.2 Å². The van der Waals surface area contributed by atoms with Crippen molar-refractivity contribution in [2.45, 2.75) is 43.5 Å². The Kier molecular flexibility index (Phi) is 6.07. The molecule has 4 rings (SSSR count). The summed E-state index contributed by atoms with van der Waals surface area (Å²) in [6, 6.07) is 18.1. The summed E-state index contributed by atoms with van der Waals surface area (Å²) in [5, 5.41) is 11.8. The third kappa shape index (κ3) is 4.62. The van der Waals surface area contributed by atoms with Crippen LogP contribution >= 0.6 is 11.8 Å². The Hall–Kier alpha value is -2.60. The summed E-state index contributed by atoms with van der Waals surface area (Å²) >= 11 is 1.70. The van der Waals surface area contributed by atoms with Gasteiger partial charge < -0.3 is 9.88 Å². The van der Waals surface area contributed by atoms with E-state index in [9.17, 15) is 4.79 Å². The topological polar surface area (TPSA) is 59.8 Å². The van der Waals surface area contributed by atoms with Gasteiger partial charge in [0.15, 0.2) is 5.82 Å². The Balaban J connectivity index is 1.39. The zero-order valence-corrected chi connectivity index (χ0v) is 16.6. The summed E-state index contributed by atoms with van der Waals surface area (Å²) < 4.78 is 2.23. The van der Waals surface area contributed by atoms with Gasteiger partial charge in [-0.15, -0.1) is 22.0 Å². The van der Waals surface area contributed by atoms with Crippen LogP contribution in [0.1, 0.15) is 31.5 Å². The van der Waals surface area contributed by atoms with Gasteiger partial charge in [-0.05, 0) is 37.1 Å². The summed E-state index contributed by atoms with van der Waals surface area (Å²) in [4.78, 5) is 13.5. The average molecular weight is 393 g/mol. The third-order valence-corrected chi connectivity index (χ3v) is 5.87. The van der Waals surface area contributed by atoms with Crippen LogP contribution in [-0.4, -0.2) is 26.4 Å². The second-order valence-corrected chi connectivity index (χ2v) is 8.11. The molecule has 144 valence electrons. The van der Waals surface area contributed by atoms with Crippen molar-refractivity contribution >= 4 is 23.4 Å². The lowest BCUT2D eigenvalue weighted by molar-refractivity contribution is -0.115. The van der Waals surface area contributed by atoms with Crippen molar-refractivity contribution in [1.82, 2.24) is 14.8 Å². The lowest BCUT2D eigenvalue weighted by Crippen LogP contribution is -2.12. The fourth-order valence-corrected chi connectivity index (χ4v) is 4.31. The Morgan fingerprint density at radius 2 is 1.93 bits per heavy atom. The van der Waals surface area contributed by atoms with E-state index in [-0.39, 0.29) is 5.91 Å². The molecular formula is C22H24N4OS. The van der Waals surface area contributed by atoms with Crippen molar-refractivity contribution in [2.75, 3.05) is 11.1 Å². The average Bonchev–Trinajstić information content (AvgIpc) is 2.97. The highest BCUT2D eigenvalue weighted by Crippen LogP contribution is 2.25. The Morgan fingerprint density at radius 3 is 2.82 bits per heavy atom. The molecule has 0 bridgehead atoms. The standard InChI is InChI=1S/C22H24N4OS/c27-21(13-15-28-19-10-3-1-4-11-19)23-18-9-7-8-17(16-18)22-25-24-20-12-5-2-6-14-26(20)22/h1,3-4,7-11,16H,2,5-6,12-15H2,(H,23,27). The Bertz CT molecular complexity index is 939. The van der Waals surface area contributed by atoms with Gasteiger partial charge in [0.05, 0.1) is 0 Å². The summed E-state index contributed by atoms with van der Waals surface area (Å²) in [6.45, 7) is 0.963. The molecule has 0 spiro atoms. The first-order chi connectivity index (χ1) is 13.8. The molecule has 2 heterocycles. The van der Waals surface area contributed by atoms with Crippen molar-refractivity contribution in [3.63, 3.8) is 0 Å². The van der Waals surface area contributed by atoms with Crippen molar-refractivity contribution in [3.05, 3.63) is 60.4 Å². The molecule has 1 aromatic heterocycles. The number of thioether (sulfide) groups is 1. The van der Waals surface area contributed by atoms with Crippen LogP contribution in [0, 0.1) is 0 Å². The number of carbonyl (C=O) groups excluding carboxylic acids is 1. The van der Waals surface area contributed by atoms with Gasteiger partial charge >= 0.3 is 0 Å². The smallest absolute Gasteiger partial charge is 0.225 e. The molecule has 5 nitrogen and oxygen atoms in total. The van der Waals surface area contributed by atoms with Gasteiger partial charge in [-0.1, -0.05) is 36.8 Å². The molecule has 0 radical (unpaired) electrons. The first-order valence-electron chi connectivity index (χ1n) is 9.80. The van der Waals surface area contributed by atoms with Gasteiger partial charge in [-0.3, -0.25) is 4.79 Å². The highest BCUT2D eigenvalue weighted by Gasteiger charge is 2.16. The number of nitrogens with zero attached hydrogens (tertiary/aromatic N) is 3. The van der Waals surface area contributed by atoms with Gasteiger partial charge in [0.1, 0.15) is 5.82 Å². The molecule has 0 atom stereocenters. The number of hydrogen-bond acceptors (Lipinski definition) is 4. The number of nitrogens with one attached hydrogen (secondary N) is 1. The molecule has 0 saturated carbocycles. The number of carbonyl (C=O) groups is 1. The highest BCUT2D eigenvalue weighted by molar-refractivity contribution is 7.99. The SMILES string of the molecule is O=C(CCSc1ccccc1)Nc1cccc(-c2nnc3n2CCCCC3)c1. The van der Waals surface area contributed by atoms with Crippen LogP contribution in [0.4, 0.5) is 5.69 Å². The second-order valence-electron chi connectivity index (χ2n) is 6.94. The van der Waals surface area contributed by atoms with Crippen LogP contribution in [0.2, 0.25) is 0 Å². The second kappa shape index (κ2) is 9.06. The van der Waals surface area contributed by atoms with Gasteiger partial charge in [0.2, 0.25) is 5.91 Å². The third-order valence-electron chi connectivity index (χ3n) is 4.86. The zero-order chi connectivity index (χ0) is 19.2. The van der Waals surface area contributed by atoms with Crippen LogP contribution < -0.4 is 5.32 Å². The summed E-state index contributed by atoms with van der Waals surface area (Å²) in [7, 11) is 0. The predicted octanol–water partition coefficient (Wildman–Crippen LogP) is 4.79. The summed E-state index contributed by atoms with van der Waals surface area (Å²) in [5.74, 6) is 2.75. The Morgan fingerprint density at radius 1 is 1.04 bits per heavy atom. The number of anilines is 1. The number of amides is 1. The van der Waals surface area contributed by atoms with Crippen molar-refractivity contribution in [1.29, 1.82) is 0 Å². The fourth-order valence-electron chi connectivity index (χ4n) is 3.44. The molecule has 1 amide bonds. The van der Waals surface area contributed by atoms with Crippen molar-refractivity contribution in [3.8, 4) is 11.4 Å². The molecule has 28 heavy (non-hydrogen) atoms. The fraction of sp³-hybridized carbons (Fsp3) is 0.318. The number of aryl methyl sites for hydroxylation is 1. The van der Waals surface area contributed by atoms with Crippen molar-refractivity contribution < 1.29 is 4.79 Å². The molecule has 0 unspecified atom stereocenters. The van der Waals surface area contributed by atoms with Gasteiger partial charge in [0.25, 0.3) is 0 Å².